The highest BCUT2D eigenvalue weighted by atomic mass is 32.1. The molecule has 0 saturated heterocycles. The Hall–Kier alpha value is -1.71. The molecule has 19 heavy (non-hydrogen) atoms. The van der Waals surface area contributed by atoms with Crippen LogP contribution in [0.1, 0.15) is 23.0 Å². The van der Waals surface area contributed by atoms with E-state index in [0.717, 1.165) is 29.3 Å². The third-order valence-electron chi connectivity index (χ3n) is 3.29. The second-order valence-electron chi connectivity index (χ2n) is 4.55. The van der Waals surface area contributed by atoms with Gasteiger partial charge in [0, 0.05) is 16.5 Å². The van der Waals surface area contributed by atoms with Crippen LogP contribution in [0.3, 0.4) is 0 Å². The lowest BCUT2D eigenvalue weighted by molar-refractivity contribution is 0.169. The average Bonchev–Trinajstić information content (AvgIpc) is 2.97. The number of nitrogens with zero attached hydrogens (tertiary/aromatic N) is 1. The maximum absolute atomic E-state index is 10.4. The van der Waals surface area contributed by atoms with Gasteiger partial charge in [0.05, 0.1) is 11.6 Å². The topological polar surface area (TPSA) is 33.1 Å². The molecule has 0 amide bonds. The molecule has 0 aliphatic rings. The van der Waals surface area contributed by atoms with Crippen molar-refractivity contribution in [1.29, 1.82) is 0 Å². The fraction of sp³-hybridized carbons (Fsp3) is 0.188. The van der Waals surface area contributed by atoms with Crippen LogP contribution in [-0.4, -0.2) is 10.1 Å². The largest absolute Gasteiger partial charge is 0.388 e. The molecule has 1 atom stereocenters. The highest BCUT2D eigenvalue weighted by Crippen LogP contribution is 2.26. The number of fused-ring (bicyclic) bond motifs is 1. The third-order valence-corrected chi connectivity index (χ3v) is 4.22. The second-order valence-corrected chi connectivity index (χ2v) is 5.58. The van der Waals surface area contributed by atoms with Crippen molar-refractivity contribution in [3.05, 3.63) is 64.5 Å². The zero-order valence-electron chi connectivity index (χ0n) is 10.5. The van der Waals surface area contributed by atoms with E-state index in [1.165, 1.54) is 4.88 Å². The summed E-state index contributed by atoms with van der Waals surface area (Å²) in [5, 5.41) is 13.5. The molecule has 3 aromatic rings. The number of aryl methyl sites for hydroxylation is 1. The van der Waals surface area contributed by atoms with Crippen LogP contribution < -0.4 is 0 Å². The van der Waals surface area contributed by atoms with Gasteiger partial charge in [-0.3, -0.25) is 4.98 Å². The van der Waals surface area contributed by atoms with Crippen LogP contribution >= 0.6 is 11.3 Å². The van der Waals surface area contributed by atoms with E-state index in [9.17, 15) is 5.11 Å². The molecule has 0 bridgehead atoms. The number of para-hydroxylation sites is 1. The van der Waals surface area contributed by atoms with Gasteiger partial charge in [-0.1, -0.05) is 24.3 Å². The van der Waals surface area contributed by atoms with Crippen molar-refractivity contribution in [3.63, 3.8) is 0 Å². The summed E-state index contributed by atoms with van der Waals surface area (Å²) in [7, 11) is 0. The van der Waals surface area contributed by atoms with E-state index in [0.29, 0.717) is 0 Å². The molecule has 0 radical (unpaired) electrons. The van der Waals surface area contributed by atoms with Gasteiger partial charge >= 0.3 is 0 Å². The van der Waals surface area contributed by atoms with Gasteiger partial charge < -0.3 is 5.11 Å². The van der Waals surface area contributed by atoms with Gasteiger partial charge in [-0.25, -0.2) is 0 Å². The predicted molar refractivity (Wildman–Crippen MR) is 79.3 cm³/mol. The highest BCUT2D eigenvalue weighted by molar-refractivity contribution is 7.09. The van der Waals surface area contributed by atoms with Crippen molar-refractivity contribution in [1.82, 2.24) is 4.98 Å². The summed E-state index contributed by atoms with van der Waals surface area (Å²) in [6.07, 6.45) is 2.99. The van der Waals surface area contributed by atoms with E-state index in [4.69, 9.17) is 0 Å². The molecular formula is C16H15NOS. The van der Waals surface area contributed by atoms with Crippen LogP contribution in [0.4, 0.5) is 0 Å². The van der Waals surface area contributed by atoms with Gasteiger partial charge in [-0.2, -0.15) is 0 Å². The minimum Gasteiger partial charge on any atom is -0.388 e. The van der Waals surface area contributed by atoms with Crippen molar-refractivity contribution in [2.45, 2.75) is 18.9 Å². The summed E-state index contributed by atoms with van der Waals surface area (Å²) >= 11 is 1.74. The summed E-state index contributed by atoms with van der Waals surface area (Å²) in [6, 6.07) is 14.0. The highest BCUT2D eigenvalue weighted by Gasteiger charge is 2.11. The molecule has 3 heteroatoms. The van der Waals surface area contributed by atoms with Crippen LogP contribution in [0, 0.1) is 0 Å². The Balaban J connectivity index is 1.83. The number of pyridine rings is 1. The molecule has 3 rings (SSSR count). The summed E-state index contributed by atoms with van der Waals surface area (Å²) in [5.41, 5.74) is 1.91. The first-order valence-electron chi connectivity index (χ1n) is 6.39. The molecule has 0 aliphatic carbocycles. The quantitative estimate of drug-likeness (QED) is 0.777. The Kier molecular flexibility index (Phi) is 3.58. The Morgan fingerprint density at radius 2 is 2.00 bits per heavy atom. The van der Waals surface area contributed by atoms with Crippen LogP contribution in [0.5, 0.6) is 0 Å². The van der Waals surface area contributed by atoms with Gasteiger partial charge in [-0.15, -0.1) is 11.3 Å². The van der Waals surface area contributed by atoms with E-state index in [1.54, 1.807) is 17.5 Å². The Morgan fingerprint density at radius 1 is 1.11 bits per heavy atom. The number of thiophene rings is 1. The standard InChI is InChI=1S/C16H15NOS/c18-16(8-7-12-4-3-11-19-12)14-9-10-17-15-6-2-1-5-13(14)15/h1-6,9-11,16,18H,7-8H2. The maximum Gasteiger partial charge on any atom is 0.0800 e. The van der Waals surface area contributed by atoms with Crippen molar-refractivity contribution < 1.29 is 5.11 Å². The number of hydrogen-bond donors (Lipinski definition) is 1. The third kappa shape index (κ3) is 2.67. The van der Waals surface area contributed by atoms with E-state index in [2.05, 4.69) is 16.4 Å². The zero-order chi connectivity index (χ0) is 13.1. The molecule has 0 aliphatic heterocycles. The zero-order valence-corrected chi connectivity index (χ0v) is 11.3. The molecular weight excluding hydrogens is 254 g/mol. The van der Waals surface area contributed by atoms with E-state index in [1.807, 2.05) is 36.4 Å². The monoisotopic (exact) mass is 269 g/mol. The van der Waals surface area contributed by atoms with Crippen molar-refractivity contribution in [3.8, 4) is 0 Å². The molecule has 96 valence electrons. The summed E-state index contributed by atoms with van der Waals surface area (Å²) in [5.74, 6) is 0. The molecule has 0 fully saturated rings. The van der Waals surface area contributed by atoms with Crippen LogP contribution in [0.15, 0.2) is 54.0 Å². The minimum absolute atomic E-state index is 0.435. The number of benzene rings is 1. The van der Waals surface area contributed by atoms with Crippen LogP contribution in [0.25, 0.3) is 10.9 Å². The Labute approximate surface area is 116 Å². The smallest absolute Gasteiger partial charge is 0.0800 e. The first-order valence-corrected chi connectivity index (χ1v) is 7.26. The Bertz CT molecular complexity index is 658. The molecule has 1 unspecified atom stereocenters. The number of hydrogen-bond acceptors (Lipinski definition) is 3. The summed E-state index contributed by atoms with van der Waals surface area (Å²) in [6.45, 7) is 0. The van der Waals surface area contributed by atoms with Gasteiger partial charge in [-0.05, 0) is 42.0 Å². The number of aliphatic hydroxyl groups is 1. The lowest BCUT2D eigenvalue weighted by Crippen LogP contribution is -2.00. The molecule has 2 nitrogen and oxygen atoms in total. The van der Waals surface area contributed by atoms with E-state index < -0.39 is 6.10 Å². The van der Waals surface area contributed by atoms with Crippen LogP contribution in [-0.2, 0) is 6.42 Å². The predicted octanol–water partition coefficient (Wildman–Crippen LogP) is 3.96. The number of aromatic nitrogens is 1. The van der Waals surface area contributed by atoms with E-state index >= 15 is 0 Å². The van der Waals surface area contributed by atoms with Crippen molar-refractivity contribution in [2.75, 3.05) is 0 Å². The number of rotatable bonds is 4. The molecule has 2 heterocycles. The van der Waals surface area contributed by atoms with Gasteiger partial charge in [0.15, 0.2) is 0 Å². The molecule has 0 spiro atoms. The molecule has 1 aromatic carbocycles. The SMILES string of the molecule is OC(CCc1cccs1)c1ccnc2ccccc12. The maximum atomic E-state index is 10.4. The molecule has 0 saturated carbocycles. The van der Waals surface area contributed by atoms with E-state index in [-0.39, 0.29) is 0 Å². The summed E-state index contributed by atoms with van der Waals surface area (Å²) < 4.78 is 0. The Morgan fingerprint density at radius 3 is 2.84 bits per heavy atom. The fourth-order valence-corrected chi connectivity index (χ4v) is 3.02. The lowest BCUT2D eigenvalue weighted by atomic mass is 10.0. The normalized spacial score (nSPS) is 12.7. The van der Waals surface area contributed by atoms with Crippen molar-refractivity contribution >= 4 is 22.2 Å². The second kappa shape index (κ2) is 5.51. The first kappa shape index (κ1) is 12.3. The summed E-state index contributed by atoms with van der Waals surface area (Å²) in [4.78, 5) is 5.64. The first-order chi connectivity index (χ1) is 9.34. The van der Waals surface area contributed by atoms with Crippen LogP contribution in [0.2, 0.25) is 0 Å². The van der Waals surface area contributed by atoms with Gasteiger partial charge in [0.25, 0.3) is 0 Å². The molecule has 2 aromatic heterocycles. The average molecular weight is 269 g/mol. The van der Waals surface area contributed by atoms with Gasteiger partial charge in [0.2, 0.25) is 0 Å². The van der Waals surface area contributed by atoms with Crippen molar-refractivity contribution in [2.24, 2.45) is 0 Å². The number of aliphatic hydroxyl groups excluding tert-OH is 1. The molecule has 1 N–H and O–H groups in total. The fourth-order valence-electron chi connectivity index (χ4n) is 2.30. The van der Waals surface area contributed by atoms with Gasteiger partial charge in [0.1, 0.15) is 0 Å². The lowest BCUT2D eigenvalue weighted by Gasteiger charge is -2.12. The minimum atomic E-state index is -0.435.